The van der Waals surface area contributed by atoms with Crippen molar-refractivity contribution in [3.05, 3.63) is 50.9 Å². The van der Waals surface area contributed by atoms with Crippen molar-refractivity contribution < 1.29 is 9.18 Å². The Morgan fingerprint density at radius 1 is 1.47 bits per heavy atom. The van der Waals surface area contributed by atoms with Gasteiger partial charge in [-0.05, 0) is 25.1 Å². The highest BCUT2D eigenvalue weighted by Crippen LogP contribution is 2.15. The SMILES string of the molecule is C[C@H](NC(=O)c1cc(F)cc(Cl)c1)c1n[nH]c(=O)[nH]1. The number of carbonyl (C=O) groups is 1. The second-order valence-electron chi connectivity index (χ2n) is 3.92. The van der Waals surface area contributed by atoms with Crippen LogP contribution in [-0.4, -0.2) is 21.1 Å². The molecule has 0 aliphatic rings. The van der Waals surface area contributed by atoms with Crippen LogP contribution in [0.1, 0.15) is 29.1 Å². The van der Waals surface area contributed by atoms with Crippen LogP contribution in [0.25, 0.3) is 0 Å². The van der Waals surface area contributed by atoms with Crippen molar-refractivity contribution in [1.29, 1.82) is 0 Å². The number of nitrogens with zero attached hydrogens (tertiary/aromatic N) is 1. The summed E-state index contributed by atoms with van der Waals surface area (Å²) in [5, 5.41) is 8.57. The molecule has 2 rings (SSSR count). The normalized spacial score (nSPS) is 12.2. The van der Waals surface area contributed by atoms with Gasteiger partial charge in [-0.25, -0.2) is 14.3 Å². The van der Waals surface area contributed by atoms with E-state index in [0.717, 1.165) is 12.1 Å². The van der Waals surface area contributed by atoms with Crippen LogP contribution in [-0.2, 0) is 0 Å². The smallest absolute Gasteiger partial charge is 0.340 e. The maximum absolute atomic E-state index is 13.1. The van der Waals surface area contributed by atoms with E-state index in [-0.39, 0.29) is 16.4 Å². The molecule has 1 atom stereocenters. The second kappa shape index (κ2) is 5.23. The van der Waals surface area contributed by atoms with E-state index in [2.05, 4.69) is 20.5 Å². The first-order chi connectivity index (χ1) is 8.95. The highest BCUT2D eigenvalue weighted by atomic mass is 35.5. The number of H-pyrrole nitrogens is 2. The van der Waals surface area contributed by atoms with Crippen LogP contribution in [0.4, 0.5) is 4.39 Å². The molecule has 1 aromatic heterocycles. The number of carbonyl (C=O) groups excluding carboxylic acids is 1. The molecule has 1 heterocycles. The lowest BCUT2D eigenvalue weighted by atomic mass is 10.2. The molecule has 6 nitrogen and oxygen atoms in total. The van der Waals surface area contributed by atoms with E-state index in [1.165, 1.54) is 6.07 Å². The topological polar surface area (TPSA) is 90.6 Å². The van der Waals surface area contributed by atoms with Crippen molar-refractivity contribution in [2.45, 2.75) is 13.0 Å². The minimum Gasteiger partial charge on any atom is -0.342 e. The van der Waals surface area contributed by atoms with Gasteiger partial charge in [0.05, 0.1) is 6.04 Å². The molecule has 0 spiro atoms. The average molecular weight is 285 g/mol. The maximum atomic E-state index is 13.1. The number of amides is 1. The van der Waals surface area contributed by atoms with E-state index in [1.54, 1.807) is 6.92 Å². The summed E-state index contributed by atoms with van der Waals surface area (Å²) < 4.78 is 13.1. The molecule has 0 aliphatic carbocycles. The molecule has 8 heteroatoms. The molecular weight excluding hydrogens is 275 g/mol. The van der Waals surface area contributed by atoms with Crippen LogP contribution >= 0.6 is 11.6 Å². The molecule has 19 heavy (non-hydrogen) atoms. The van der Waals surface area contributed by atoms with Crippen molar-refractivity contribution in [2.24, 2.45) is 0 Å². The summed E-state index contributed by atoms with van der Waals surface area (Å²) in [6, 6.07) is 2.99. The van der Waals surface area contributed by atoms with Crippen molar-refractivity contribution in [2.75, 3.05) is 0 Å². The first-order valence-corrected chi connectivity index (χ1v) is 5.75. The summed E-state index contributed by atoms with van der Waals surface area (Å²) in [7, 11) is 0. The zero-order valence-electron chi connectivity index (χ0n) is 9.83. The maximum Gasteiger partial charge on any atom is 0.340 e. The summed E-state index contributed by atoms with van der Waals surface area (Å²) >= 11 is 5.67. The van der Waals surface area contributed by atoms with Gasteiger partial charge in [0.25, 0.3) is 5.91 Å². The molecule has 0 bridgehead atoms. The fourth-order valence-corrected chi connectivity index (χ4v) is 1.74. The Balaban J connectivity index is 2.14. The number of hydrogen-bond donors (Lipinski definition) is 3. The number of nitrogens with one attached hydrogen (secondary N) is 3. The zero-order chi connectivity index (χ0) is 14.0. The number of aromatic nitrogens is 3. The minimum absolute atomic E-state index is 0.0923. The van der Waals surface area contributed by atoms with Crippen LogP contribution in [0.3, 0.4) is 0 Å². The Morgan fingerprint density at radius 3 is 2.79 bits per heavy atom. The van der Waals surface area contributed by atoms with Crippen LogP contribution in [0.5, 0.6) is 0 Å². The van der Waals surface area contributed by atoms with Crippen LogP contribution < -0.4 is 11.0 Å². The van der Waals surface area contributed by atoms with Gasteiger partial charge >= 0.3 is 5.69 Å². The summed E-state index contributed by atoms with van der Waals surface area (Å²) in [4.78, 5) is 25.2. The number of halogens is 2. The first kappa shape index (κ1) is 13.3. The van der Waals surface area contributed by atoms with Crippen molar-refractivity contribution in [1.82, 2.24) is 20.5 Å². The third-order valence-corrected chi connectivity index (χ3v) is 2.62. The van der Waals surface area contributed by atoms with Gasteiger partial charge in [0.1, 0.15) is 5.82 Å². The molecule has 0 fully saturated rings. The third kappa shape index (κ3) is 3.19. The highest BCUT2D eigenvalue weighted by Gasteiger charge is 2.15. The second-order valence-corrected chi connectivity index (χ2v) is 4.35. The zero-order valence-corrected chi connectivity index (χ0v) is 10.6. The molecule has 1 aromatic carbocycles. The predicted octanol–water partition coefficient (Wildman–Crippen LogP) is 1.38. The molecule has 0 unspecified atom stereocenters. The van der Waals surface area contributed by atoms with Crippen molar-refractivity contribution >= 4 is 17.5 Å². The Bertz CT molecular complexity index is 646. The average Bonchev–Trinajstić information content (AvgIpc) is 2.74. The molecular formula is C11H10ClFN4O2. The minimum atomic E-state index is -0.599. The van der Waals surface area contributed by atoms with Crippen molar-refractivity contribution in [3.8, 4) is 0 Å². The van der Waals surface area contributed by atoms with Crippen molar-refractivity contribution in [3.63, 3.8) is 0 Å². The van der Waals surface area contributed by atoms with E-state index >= 15 is 0 Å². The highest BCUT2D eigenvalue weighted by molar-refractivity contribution is 6.31. The number of rotatable bonds is 3. The summed E-state index contributed by atoms with van der Waals surface area (Å²) in [6.45, 7) is 1.63. The van der Waals surface area contributed by atoms with E-state index in [0.29, 0.717) is 0 Å². The lowest BCUT2D eigenvalue weighted by Crippen LogP contribution is -2.27. The quantitative estimate of drug-likeness (QED) is 0.795. The summed E-state index contributed by atoms with van der Waals surface area (Å²) in [5.41, 5.74) is -0.375. The molecule has 0 saturated heterocycles. The van der Waals surface area contributed by atoms with E-state index in [1.807, 2.05) is 0 Å². The van der Waals surface area contributed by atoms with Gasteiger partial charge in [0, 0.05) is 10.6 Å². The van der Waals surface area contributed by atoms with E-state index < -0.39 is 23.5 Å². The number of benzene rings is 1. The molecule has 100 valence electrons. The monoisotopic (exact) mass is 284 g/mol. The lowest BCUT2D eigenvalue weighted by Gasteiger charge is -2.11. The molecule has 0 radical (unpaired) electrons. The number of aromatic amines is 2. The fraction of sp³-hybridized carbons (Fsp3) is 0.182. The lowest BCUT2D eigenvalue weighted by molar-refractivity contribution is 0.0938. The fourth-order valence-electron chi connectivity index (χ4n) is 1.52. The van der Waals surface area contributed by atoms with Crippen LogP contribution in [0.15, 0.2) is 23.0 Å². The van der Waals surface area contributed by atoms with Crippen LogP contribution in [0.2, 0.25) is 5.02 Å². The van der Waals surface area contributed by atoms with E-state index in [4.69, 9.17) is 11.6 Å². The Morgan fingerprint density at radius 2 is 2.21 bits per heavy atom. The van der Waals surface area contributed by atoms with Gasteiger partial charge in [0.15, 0.2) is 5.82 Å². The molecule has 1 amide bonds. The van der Waals surface area contributed by atoms with E-state index in [9.17, 15) is 14.0 Å². The number of hydrogen-bond acceptors (Lipinski definition) is 3. The van der Waals surface area contributed by atoms with Gasteiger partial charge in [-0.1, -0.05) is 11.6 Å². The molecule has 3 N–H and O–H groups in total. The van der Waals surface area contributed by atoms with Crippen LogP contribution in [0, 0.1) is 5.82 Å². The Kier molecular flexibility index (Phi) is 3.66. The van der Waals surface area contributed by atoms with Gasteiger partial charge in [-0.15, -0.1) is 0 Å². The summed E-state index contributed by atoms with van der Waals surface area (Å²) in [6.07, 6.45) is 0. The molecule has 0 saturated carbocycles. The molecule has 0 aliphatic heterocycles. The largest absolute Gasteiger partial charge is 0.342 e. The van der Waals surface area contributed by atoms with Gasteiger partial charge < -0.3 is 5.32 Å². The Labute approximate surface area is 112 Å². The van der Waals surface area contributed by atoms with Gasteiger partial charge in [-0.3, -0.25) is 9.78 Å². The summed E-state index contributed by atoms with van der Waals surface area (Å²) in [5.74, 6) is -0.836. The van der Waals surface area contributed by atoms with Gasteiger partial charge in [0.2, 0.25) is 0 Å². The third-order valence-electron chi connectivity index (χ3n) is 2.40. The first-order valence-electron chi connectivity index (χ1n) is 5.37. The standard InChI is InChI=1S/C11H10ClFN4O2/c1-5(9-15-11(19)17-16-9)14-10(18)6-2-7(12)4-8(13)3-6/h2-5H,1H3,(H,14,18)(H2,15,16,17,19)/t5-/m0/s1. The Hall–Kier alpha value is -2.15. The predicted molar refractivity (Wildman–Crippen MR) is 66.5 cm³/mol. The molecule has 2 aromatic rings. The van der Waals surface area contributed by atoms with Gasteiger partial charge in [-0.2, -0.15) is 5.10 Å².